The Hall–Kier alpha value is -1.22. The zero-order valence-corrected chi connectivity index (χ0v) is 8.66. The van der Waals surface area contributed by atoms with Gasteiger partial charge in [-0.1, -0.05) is 0 Å². The van der Waals surface area contributed by atoms with E-state index in [1.54, 1.807) is 0 Å². The van der Waals surface area contributed by atoms with Crippen LogP contribution in [0, 0.1) is 0 Å². The molecule has 4 N–H and O–H groups in total. The molecule has 8 nitrogen and oxygen atoms in total. The molecule has 0 aromatic carbocycles. The monoisotopic (exact) mass is 240 g/mol. The molecule has 0 saturated carbocycles. The fourth-order valence-corrected chi connectivity index (χ4v) is 0.437. The maximum absolute atomic E-state index is 9.88. The summed E-state index contributed by atoms with van der Waals surface area (Å²) in [5.74, 6) is -2.12. The molecule has 0 fully saturated rings. The molecule has 96 valence electrons. The summed E-state index contributed by atoms with van der Waals surface area (Å²) in [5, 5.41) is 31.4. The van der Waals surface area contributed by atoms with Crippen LogP contribution in [0.5, 0.6) is 0 Å². The minimum Gasteiger partial charge on any atom is -0.480 e. The molecule has 0 aromatic rings. The SMILES string of the molecule is O=C(O)COCCOCC(=O)O.OCCO. The lowest BCUT2D eigenvalue weighted by Gasteiger charge is -2.00. The summed E-state index contributed by atoms with van der Waals surface area (Å²) < 4.78 is 9.12. The van der Waals surface area contributed by atoms with Gasteiger partial charge in [-0.05, 0) is 0 Å². The Labute approximate surface area is 92.0 Å². The first-order valence-corrected chi connectivity index (χ1v) is 4.35. The van der Waals surface area contributed by atoms with E-state index in [4.69, 9.17) is 20.4 Å². The molecule has 0 aliphatic heterocycles. The molecular weight excluding hydrogens is 224 g/mol. The zero-order valence-electron chi connectivity index (χ0n) is 8.66. The lowest BCUT2D eigenvalue weighted by molar-refractivity contribution is -0.146. The van der Waals surface area contributed by atoms with Gasteiger partial charge in [-0.3, -0.25) is 0 Å². The molecule has 16 heavy (non-hydrogen) atoms. The van der Waals surface area contributed by atoms with E-state index in [1.807, 2.05) is 0 Å². The summed E-state index contributed by atoms with van der Waals surface area (Å²) in [6.45, 7) is -0.869. The Kier molecular flexibility index (Phi) is 14.8. The Bertz CT molecular complexity index is 161. The second kappa shape index (κ2) is 13.8. The minimum atomic E-state index is -1.06. The summed E-state index contributed by atoms with van der Waals surface area (Å²) in [6, 6.07) is 0. The van der Waals surface area contributed by atoms with Gasteiger partial charge < -0.3 is 29.9 Å². The maximum Gasteiger partial charge on any atom is 0.329 e. The Balaban J connectivity index is 0. The first-order valence-electron chi connectivity index (χ1n) is 4.35. The third-order valence-corrected chi connectivity index (χ3v) is 0.923. The van der Waals surface area contributed by atoms with E-state index in [1.165, 1.54) is 0 Å². The third kappa shape index (κ3) is 23.0. The molecule has 0 radical (unpaired) electrons. The minimum absolute atomic E-state index is 0.0829. The highest BCUT2D eigenvalue weighted by atomic mass is 16.5. The van der Waals surface area contributed by atoms with Crippen molar-refractivity contribution >= 4 is 11.9 Å². The number of hydrogen-bond acceptors (Lipinski definition) is 6. The lowest BCUT2D eigenvalue weighted by atomic mass is 10.7. The van der Waals surface area contributed by atoms with Crippen molar-refractivity contribution in [1.29, 1.82) is 0 Å². The average molecular weight is 240 g/mol. The van der Waals surface area contributed by atoms with Gasteiger partial charge >= 0.3 is 11.9 Å². The second-order valence-corrected chi connectivity index (χ2v) is 2.34. The normalized spacial score (nSPS) is 9.12. The smallest absolute Gasteiger partial charge is 0.329 e. The van der Waals surface area contributed by atoms with Crippen LogP contribution in [0.4, 0.5) is 0 Å². The second-order valence-electron chi connectivity index (χ2n) is 2.34. The van der Waals surface area contributed by atoms with Gasteiger partial charge in [0.2, 0.25) is 0 Å². The Morgan fingerprint density at radius 1 is 0.812 bits per heavy atom. The molecule has 0 spiro atoms. The van der Waals surface area contributed by atoms with E-state index >= 15 is 0 Å². The van der Waals surface area contributed by atoms with E-state index < -0.39 is 25.2 Å². The molecule has 0 bridgehead atoms. The van der Waals surface area contributed by atoms with E-state index in [-0.39, 0.29) is 26.4 Å². The van der Waals surface area contributed by atoms with Crippen LogP contribution in [0.3, 0.4) is 0 Å². The molecule has 0 amide bonds. The maximum atomic E-state index is 9.88. The Morgan fingerprint density at radius 3 is 1.31 bits per heavy atom. The van der Waals surface area contributed by atoms with Gasteiger partial charge in [-0.15, -0.1) is 0 Å². The molecule has 8 heteroatoms. The standard InChI is InChI=1S/C6H10O6.C2H6O2/c7-5(8)3-11-1-2-12-4-6(9)10;3-1-2-4/h1-4H2,(H,7,8)(H,9,10);3-4H,1-2H2. The number of rotatable bonds is 8. The lowest BCUT2D eigenvalue weighted by Crippen LogP contribution is -2.14. The highest BCUT2D eigenvalue weighted by molar-refractivity contribution is 5.68. The predicted molar refractivity (Wildman–Crippen MR) is 51.1 cm³/mol. The summed E-state index contributed by atoms with van der Waals surface area (Å²) in [4.78, 5) is 19.8. The molecule has 0 rings (SSSR count). The molecule has 0 aromatic heterocycles. The van der Waals surface area contributed by atoms with Crippen LogP contribution in [0.2, 0.25) is 0 Å². The van der Waals surface area contributed by atoms with Crippen LogP contribution in [-0.2, 0) is 19.1 Å². The molecule has 0 unspecified atom stereocenters. The van der Waals surface area contributed by atoms with Crippen molar-refractivity contribution in [3.8, 4) is 0 Å². The molecular formula is C8H16O8. The van der Waals surface area contributed by atoms with Crippen molar-refractivity contribution in [2.45, 2.75) is 0 Å². The van der Waals surface area contributed by atoms with E-state index in [2.05, 4.69) is 9.47 Å². The van der Waals surface area contributed by atoms with Gasteiger partial charge in [0.15, 0.2) is 0 Å². The number of aliphatic hydroxyl groups excluding tert-OH is 2. The van der Waals surface area contributed by atoms with Gasteiger partial charge in [0.25, 0.3) is 0 Å². The van der Waals surface area contributed by atoms with Gasteiger partial charge in [0.05, 0.1) is 26.4 Å². The molecule has 0 heterocycles. The van der Waals surface area contributed by atoms with Crippen LogP contribution in [-0.4, -0.2) is 72.0 Å². The highest BCUT2D eigenvalue weighted by Crippen LogP contribution is 1.78. The van der Waals surface area contributed by atoms with Crippen LogP contribution in [0.1, 0.15) is 0 Å². The largest absolute Gasteiger partial charge is 0.480 e. The number of carboxylic acids is 2. The number of aliphatic carboxylic acids is 2. The summed E-state index contributed by atoms with van der Waals surface area (Å²) in [5.41, 5.74) is 0. The number of carboxylic acid groups (broad SMARTS) is 2. The number of hydrogen-bond donors (Lipinski definition) is 4. The molecule has 0 atom stereocenters. The van der Waals surface area contributed by atoms with E-state index in [9.17, 15) is 9.59 Å². The predicted octanol–water partition coefficient (Wildman–Crippen LogP) is -1.84. The van der Waals surface area contributed by atoms with Gasteiger partial charge in [-0.25, -0.2) is 9.59 Å². The quantitative estimate of drug-likeness (QED) is 0.364. The van der Waals surface area contributed by atoms with E-state index in [0.29, 0.717) is 0 Å². The first kappa shape index (κ1) is 17.2. The summed E-state index contributed by atoms with van der Waals surface area (Å²) >= 11 is 0. The van der Waals surface area contributed by atoms with Crippen molar-refractivity contribution < 1.29 is 39.5 Å². The first-order chi connectivity index (χ1) is 7.54. The van der Waals surface area contributed by atoms with Crippen molar-refractivity contribution in [3.63, 3.8) is 0 Å². The topological polar surface area (TPSA) is 134 Å². The van der Waals surface area contributed by atoms with Crippen LogP contribution in [0.25, 0.3) is 0 Å². The summed E-state index contributed by atoms with van der Waals surface area (Å²) in [7, 11) is 0. The van der Waals surface area contributed by atoms with E-state index in [0.717, 1.165) is 0 Å². The summed E-state index contributed by atoms with van der Waals surface area (Å²) in [6.07, 6.45) is 0. The fourth-order valence-electron chi connectivity index (χ4n) is 0.437. The van der Waals surface area contributed by atoms with Crippen molar-refractivity contribution in [2.75, 3.05) is 39.6 Å². The number of carbonyl (C=O) groups is 2. The van der Waals surface area contributed by atoms with Crippen molar-refractivity contribution in [2.24, 2.45) is 0 Å². The van der Waals surface area contributed by atoms with Crippen LogP contribution < -0.4 is 0 Å². The van der Waals surface area contributed by atoms with Gasteiger partial charge in [-0.2, -0.15) is 0 Å². The van der Waals surface area contributed by atoms with Crippen LogP contribution >= 0.6 is 0 Å². The van der Waals surface area contributed by atoms with Gasteiger partial charge in [0.1, 0.15) is 13.2 Å². The number of aliphatic hydroxyl groups is 2. The van der Waals surface area contributed by atoms with Gasteiger partial charge in [0, 0.05) is 0 Å². The van der Waals surface area contributed by atoms with Crippen molar-refractivity contribution in [1.82, 2.24) is 0 Å². The molecule has 0 aliphatic carbocycles. The number of ether oxygens (including phenoxy) is 2. The van der Waals surface area contributed by atoms with Crippen molar-refractivity contribution in [3.05, 3.63) is 0 Å². The fraction of sp³-hybridized carbons (Fsp3) is 0.750. The average Bonchev–Trinajstić information content (AvgIpc) is 2.23. The zero-order chi connectivity index (χ0) is 12.8. The molecule has 0 saturated heterocycles. The highest BCUT2D eigenvalue weighted by Gasteiger charge is 1.97. The molecule has 0 aliphatic rings. The Morgan fingerprint density at radius 2 is 1.12 bits per heavy atom. The third-order valence-electron chi connectivity index (χ3n) is 0.923. The van der Waals surface area contributed by atoms with Crippen LogP contribution in [0.15, 0.2) is 0 Å².